The molecule has 0 bridgehead atoms. The van der Waals surface area contributed by atoms with Crippen LogP contribution in [0.3, 0.4) is 0 Å². The van der Waals surface area contributed by atoms with E-state index in [9.17, 15) is 19.2 Å². The van der Waals surface area contributed by atoms with Gasteiger partial charge in [0.25, 0.3) is 5.69 Å². The van der Waals surface area contributed by atoms with Gasteiger partial charge in [0.05, 0.1) is 9.83 Å². The Hall–Kier alpha value is -1.93. The van der Waals surface area contributed by atoms with Crippen molar-refractivity contribution >= 4 is 22.0 Å². The highest BCUT2D eigenvalue weighted by Crippen LogP contribution is 2.59. The molecular weight excluding hydrogens is 364 g/mol. The van der Waals surface area contributed by atoms with Crippen molar-refractivity contribution in [3.8, 4) is 0 Å². The van der Waals surface area contributed by atoms with Crippen molar-refractivity contribution < 1.29 is 14.0 Å². The molecule has 1 aromatic carbocycles. The Labute approximate surface area is 160 Å². The van der Waals surface area contributed by atoms with E-state index in [2.05, 4.69) is 0 Å². The summed E-state index contributed by atoms with van der Waals surface area (Å²) in [5.41, 5.74) is 1.82. The summed E-state index contributed by atoms with van der Waals surface area (Å²) < 4.78 is 24.0. The zero-order chi connectivity index (χ0) is 19.0. The highest BCUT2D eigenvalue weighted by atomic mass is 32.3. The van der Waals surface area contributed by atoms with E-state index < -0.39 is 15.7 Å². The van der Waals surface area contributed by atoms with Gasteiger partial charge in [-0.25, -0.2) is 0 Å². The standard InChI is InChI=1S/C20H24N2O4S/c23-22(24)18-10-7-16(8-11-18)15-3-1-5-19(12-9-15)27(25,26)21-14-13-17-4-2-6-20(17)21/h1,3,7-12,17,20,25-26H,2,4-6,13-14H2. The lowest BCUT2D eigenvalue weighted by Crippen LogP contribution is -2.33. The second-order valence-corrected chi connectivity index (χ2v) is 9.40. The molecule has 1 aliphatic heterocycles. The van der Waals surface area contributed by atoms with Crippen molar-refractivity contribution in [2.24, 2.45) is 5.92 Å². The van der Waals surface area contributed by atoms with E-state index >= 15 is 0 Å². The van der Waals surface area contributed by atoms with Crippen LogP contribution in [0.25, 0.3) is 5.57 Å². The van der Waals surface area contributed by atoms with Crippen molar-refractivity contribution in [3.63, 3.8) is 0 Å². The number of hydrogen-bond acceptors (Lipinski definition) is 5. The molecule has 2 fully saturated rings. The quantitative estimate of drug-likeness (QED) is 0.535. The lowest BCUT2D eigenvalue weighted by Gasteiger charge is -2.45. The van der Waals surface area contributed by atoms with E-state index in [0.717, 1.165) is 30.5 Å². The second kappa shape index (κ2) is 7.24. The summed E-state index contributed by atoms with van der Waals surface area (Å²) >= 11 is 0. The third kappa shape index (κ3) is 3.48. The summed E-state index contributed by atoms with van der Waals surface area (Å²) in [4.78, 5) is 11.0. The van der Waals surface area contributed by atoms with Gasteiger partial charge in [0.15, 0.2) is 0 Å². The van der Waals surface area contributed by atoms with Crippen LogP contribution in [0.5, 0.6) is 0 Å². The molecule has 2 N–H and O–H groups in total. The van der Waals surface area contributed by atoms with Gasteiger partial charge in [-0.2, -0.15) is 4.31 Å². The Balaban J connectivity index is 1.58. The number of fused-ring (bicyclic) bond motifs is 1. The minimum absolute atomic E-state index is 0.0579. The smallest absolute Gasteiger partial charge is 0.269 e. The normalized spacial score (nSPS) is 26.3. The van der Waals surface area contributed by atoms with E-state index in [1.165, 1.54) is 25.0 Å². The topological polar surface area (TPSA) is 86.8 Å². The van der Waals surface area contributed by atoms with Crippen LogP contribution in [0.4, 0.5) is 5.69 Å². The summed E-state index contributed by atoms with van der Waals surface area (Å²) in [6, 6.07) is 6.69. The number of benzene rings is 1. The Morgan fingerprint density at radius 3 is 2.63 bits per heavy atom. The first kappa shape index (κ1) is 18.4. The van der Waals surface area contributed by atoms with Crippen LogP contribution in [0, 0.1) is 16.0 Å². The van der Waals surface area contributed by atoms with Gasteiger partial charge in [-0.1, -0.05) is 24.6 Å². The first-order chi connectivity index (χ1) is 13.0. The van der Waals surface area contributed by atoms with Gasteiger partial charge < -0.3 is 0 Å². The van der Waals surface area contributed by atoms with E-state index in [4.69, 9.17) is 0 Å². The summed E-state index contributed by atoms with van der Waals surface area (Å²) in [5.74, 6) is 0.601. The number of nitro groups is 1. The van der Waals surface area contributed by atoms with Gasteiger partial charge in [0.1, 0.15) is 0 Å². The average molecular weight is 388 g/mol. The van der Waals surface area contributed by atoms with Gasteiger partial charge in [-0.15, -0.1) is 10.8 Å². The van der Waals surface area contributed by atoms with E-state index in [0.29, 0.717) is 23.3 Å². The maximum Gasteiger partial charge on any atom is 0.269 e. The minimum Gasteiger partial charge on any atom is -0.282 e. The summed E-state index contributed by atoms with van der Waals surface area (Å²) in [5, 5.41) is 10.8. The molecule has 7 heteroatoms. The lowest BCUT2D eigenvalue weighted by atomic mass is 10.1. The summed E-state index contributed by atoms with van der Waals surface area (Å²) in [7, 11) is -2.95. The monoisotopic (exact) mass is 388 g/mol. The van der Waals surface area contributed by atoms with Gasteiger partial charge in [0.2, 0.25) is 0 Å². The molecule has 0 spiro atoms. The largest absolute Gasteiger partial charge is 0.282 e. The van der Waals surface area contributed by atoms with Gasteiger partial charge in [-0.3, -0.25) is 19.2 Å². The van der Waals surface area contributed by atoms with Crippen LogP contribution in [-0.2, 0) is 0 Å². The molecule has 1 saturated heterocycles. The molecule has 1 saturated carbocycles. The zero-order valence-corrected chi connectivity index (χ0v) is 15.8. The number of non-ortho nitro benzene ring substituents is 1. The molecule has 0 aromatic heterocycles. The average Bonchev–Trinajstić information content (AvgIpc) is 3.17. The lowest BCUT2D eigenvalue weighted by molar-refractivity contribution is -0.384. The van der Waals surface area contributed by atoms with E-state index in [1.807, 2.05) is 28.6 Å². The summed E-state index contributed by atoms with van der Waals surface area (Å²) in [6.45, 7) is 0.748. The molecule has 2 atom stereocenters. The Bertz CT molecular complexity index is 829. The number of nitro benzene ring substituents is 1. The zero-order valence-electron chi connectivity index (χ0n) is 15.0. The van der Waals surface area contributed by atoms with Gasteiger partial charge in [-0.05, 0) is 54.5 Å². The number of hydrogen-bond donors (Lipinski definition) is 2. The molecule has 2 unspecified atom stereocenters. The Morgan fingerprint density at radius 1 is 1.11 bits per heavy atom. The van der Waals surface area contributed by atoms with Crippen molar-refractivity contribution in [1.29, 1.82) is 0 Å². The fourth-order valence-corrected chi connectivity index (χ4v) is 6.33. The summed E-state index contributed by atoms with van der Waals surface area (Å²) in [6.07, 6.45) is 12.5. The molecule has 1 heterocycles. The molecule has 144 valence electrons. The SMILES string of the molecule is O=[N+]([O-])c1ccc(C2=CC=C(S(O)(O)N3CCC4CCCC43)CC=C2)cc1. The van der Waals surface area contributed by atoms with Crippen molar-refractivity contribution in [3.05, 3.63) is 69.2 Å². The minimum atomic E-state index is -2.95. The van der Waals surface area contributed by atoms with Crippen LogP contribution < -0.4 is 0 Å². The van der Waals surface area contributed by atoms with Crippen molar-refractivity contribution in [2.45, 2.75) is 38.1 Å². The molecule has 6 nitrogen and oxygen atoms in total. The van der Waals surface area contributed by atoms with E-state index in [-0.39, 0.29) is 5.69 Å². The number of rotatable bonds is 4. The third-order valence-corrected chi connectivity index (χ3v) is 7.98. The van der Waals surface area contributed by atoms with Gasteiger partial charge in [0, 0.05) is 31.1 Å². The van der Waals surface area contributed by atoms with Crippen LogP contribution in [0.15, 0.2) is 53.5 Å². The first-order valence-corrected chi connectivity index (χ1v) is 10.8. The van der Waals surface area contributed by atoms with Gasteiger partial charge >= 0.3 is 0 Å². The van der Waals surface area contributed by atoms with Crippen LogP contribution in [0.2, 0.25) is 0 Å². The van der Waals surface area contributed by atoms with Crippen LogP contribution in [0.1, 0.15) is 37.7 Å². The number of nitrogens with zero attached hydrogens (tertiary/aromatic N) is 2. The maximum atomic E-state index is 11.0. The Kier molecular flexibility index (Phi) is 4.94. The Morgan fingerprint density at radius 2 is 1.89 bits per heavy atom. The van der Waals surface area contributed by atoms with E-state index in [1.54, 1.807) is 12.1 Å². The highest BCUT2D eigenvalue weighted by Gasteiger charge is 2.44. The van der Waals surface area contributed by atoms with Crippen LogP contribution >= 0.6 is 10.8 Å². The predicted molar refractivity (Wildman–Crippen MR) is 108 cm³/mol. The molecule has 1 aromatic rings. The molecule has 0 radical (unpaired) electrons. The second-order valence-electron chi connectivity index (χ2n) is 7.37. The molecule has 4 rings (SSSR count). The fourth-order valence-electron chi connectivity index (χ4n) is 4.44. The van der Waals surface area contributed by atoms with Crippen LogP contribution in [-0.4, -0.2) is 30.9 Å². The predicted octanol–water partition coefficient (Wildman–Crippen LogP) is 5.36. The first-order valence-electron chi connectivity index (χ1n) is 9.34. The molecule has 0 amide bonds. The highest BCUT2D eigenvalue weighted by molar-refractivity contribution is 8.25. The van der Waals surface area contributed by atoms with Crippen molar-refractivity contribution in [2.75, 3.05) is 6.54 Å². The molecule has 2 aliphatic carbocycles. The molecular formula is C20H24N2O4S. The fraction of sp³-hybridized carbons (Fsp3) is 0.400. The molecule has 27 heavy (non-hydrogen) atoms. The number of allylic oxidation sites excluding steroid dienone is 6. The molecule has 3 aliphatic rings. The third-order valence-electron chi connectivity index (χ3n) is 5.86. The van der Waals surface area contributed by atoms with Crippen molar-refractivity contribution in [1.82, 2.24) is 4.31 Å². The maximum absolute atomic E-state index is 11.0.